The van der Waals surface area contributed by atoms with Crippen LogP contribution in [-0.2, 0) is 0 Å². The number of halogens is 2. The first-order valence-electron chi connectivity index (χ1n) is 8.78. The quantitative estimate of drug-likeness (QED) is 0.438. The van der Waals surface area contributed by atoms with Crippen molar-refractivity contribution in [3.05, 3.63) is 93.0 Å². The lowest BCUT2D eigenvalue weighted by Crippen LogP contribution is -1.96. The Morgan fingerprint density at radius 1 is 0.667 bits per heavy atom. The van der Waals surface area contributed by atoms with Gasteiger partial charge in [-0.3, -0.25) is 9.98 Å². The van der Waals surface area contributed by atoms with Crippen LogP contribution >= 0.6 is 23.2 Å². The lowest BCUT2D eigenvalue weighted by molar-refractivity contribution is 1.40. The fourth-order valence-corrected chi connectivity index (χ4v) is 3.50. The molecule has 0 spiro atoms. The van der Waals surface area contributed by atoms with E-state index in [4.69, 9.17) is 33.2 Å². The second kappa shape index (κ2) is 7.30. The normalized spacial score (nSPS) is 16.1. The molecule has 0 unspecified atom stereocenters. The Bertz CT molecular complexity index is 1010. The molecule has 27 heavy (non-hydrogen) atoms. The van der Waals surface area contributed by atoms with Gasteiger partial charge in [-0.15, -0.1) is 0 Å². The van der Waals surface area contributed by atoms with Crippen LogP contribution in [0.3, 0.4) is 0 Å². The number of benzene rings is 3. The molecule has 0 aromatic heterocycles. The van der Waals surface area contributed by atoms with Gasteiger partial charge in [-0.05, 0) is 49.2 Å². The van der Waals surface area contributed by atoms with Crippen molar-refractivity contribution in [1.29, 1.82) is 0 Å². The van der Waals surface area contributed by atoms with E-state index in [1.54, 1.807) is 0 Å². The molecule has 3 aromatic carbocycles. The molecule has 0 saturated heterocycles. The van der Waals surface area contributed by atoms with Crippen molar-refractivity contribution in [3.63, 3.8) is 0 Å². The highest BCUT2D eigenvalue weighted by Crippen LogP contribution is 2.30. The van der Waals surface area contributed by atoms with Crippen LogP contribution < -0.4 is 0 Å². The summed E-state index contributed by atoms with van der Waals surface area (Å²) in [6, 6.07) is 20.0. The van der Waals surface area contributed by atoms with E-state index in [1.807, 2.05) is 62.4 Å². The maximum absolute atomic E-state index is 6.26. The lowest BCUT2D eigenvalue weighted by Gasteiger charge is -2.02. The summed E-state index contributed by atoms with van der Waals surface area (Å²) in [4.78, 5) is 9.70. The van der Waals surface area contributed by atoms with Gasteiger partial charge in [-0.1, -0.05) is 59.6 Å². The maximum Gasteiger partial charge on any atom is 0.0648 e. The summed E-state index contributed by atoms with van der Waals surface area (Å²) >= 11 is 12.5. The van der Waals surface area contributed by atoms with E-state index < -0.39 is 0 Å². The minimum atomic E-state index is 0.677. The minimum Gasteiger partial charge on any atom is -0.252 e. The van der Waals surface area contributed by atoms with Crippen LogP contribution in [0, 0.1) is 13.8 Å². The molecule has 0 amide bonds. The highest BCUT2D eigenvalue weighted by Gasteiger charge is 2.23. The predicted octanol–water partition coefficient (Wildman–Crippen LogP) is 7.26. The summed E-state index contributed by atoms with van der Waals surface area (Å²) in [6.45, 7) is 3.98. The fourth-order valence-electron chi connectivity index (χ4n) is 3.15. The van der Waals surface area contributed by atoms with Crippen LogP contribution in [0.1, 0.15) is 28.7 Å². The maximum atomic E-state index is 6.26. The number of hydrogen-bond acceptors (Lipinski definition) is 2. The topological polar surface area (TPSA) is 24.7 Å². The summed E-state index contributed by atoms with van der Waals surface area (Å²) in [5.41, 5.74) is 8.05. The van der Waals surface area contributed by atoms with Crippen LogP contribution in [0.25, 0.3) is 0 Å². The van der Waals surface area contributed by atoms with Gasteiger partial charge in [0.1, 0.15) is 0 Å². The van der Waals surface area contributed by atoms with Gasteiger partial charge >= 0.3 is 0 Å². The van der Waals surface area contributed by atoms with E-state index in [9.17, 15) is 0 Å². The van der Waals surface area contributed by atoms with E-state index >= 15 is 0 Å². The molecule has 0 aliphatic heterocycles. The van der Waals surface area contributed by atoms with Gasteiger partial charge in [0.25, 0.3) is 0 Å². The van der Waals surface area contributed by atoms with Gasteiger partial charge in [-0.2, -0.15) is 0 Å². The zero-order chi connectivity index (χ0) is 19.0. The molecular formula is C23H18Cl2N2. The first-order chi connectivity index (χ1) is 13.0. The highest BCUT2D eigenvalue weighted by molar-refractivity contribution is 6.32. The summed E-state index contributed by atoms with van der Waals surface area (Å²) in [5, 5.41) is 1.46. The Morgan fingerprint density at radius 2 is 1.11 bits per heavy atom. The van der Waals surface area contributed by atoms with Crippen LogP contribution in [0.15, 0.2) is 70.6 Å². The zero-order valence-electron chi connectivity index (χ0n) is 15.1. The summed E-state index contributed by atoms with van der Waals surface area (Å²) in [7, 11) is 0. The van der Waals surface area contributed by atoms with Gasteiger partial charge in [0, 0.05) is 27.6 Å². The molecule has 0 atom stereocenters. The van der Waals surface area contributed by atoms with Crippen molar-refractivity contribution in [3.8, 4) is 0 Å². The van der Waals surface area contributed by atoms with Gasteiger partial charge < -0.3 is 0 Å². The molecule has 134 valence electrons. The molecule has 4 rings (SSSR count). The average Bonchev–Trinajstić information content (AvgIpc) is 2.99. The number of hydrogen-bond donors (Lipinski definition) is 0. The molecule has 0 radical (unpaired) electrons. The molecule has 1 aliphatic rings. The van der Waals surface area contributed by atoms with Gasteiger partial charge in [-0.25, -0.2) is 0 Å². The largest absolute Gasteiger partial charge is 0.252 e. The Balaban J connectivity index is 1.76. The molecule has 2 nitrogen and oxygen atoms in total. The fraction of sp³-hybridized carbons (Fsp3) is 0.130. The number of aliphatic imine (C=N–C) groups is 2. The van der Waals surface area contributed by atoms with E-state index in [0.29, 0.717) is 6.42 Å². The average molecular weight is 393 g/mol. The van der Waals surface area contributed by atoms with E-state index in [2.05, 4.69) is 12.1 Å². The SMILES string of the molecule is Cc1ccc(N=C2CC(=Nc3ccc(C)c(Cl)c3)c3ccccc32)cc1Cl. The van der Waals surface area contributed by atoms with Gasteiger partial charge in [0.05, 0.1) is 22.8 Å². The molecule has 4 heteroatoms. The molecular weight excluding hydrogens is 375 g/mol. The van der Waals surface area contributed by atoms with E-state index in [0.717, 1.165) is 55.1 Å². The monoisotopic (exact) mass is 392 g/mol. The third-order valence-corrected chi connectivity index (χ3v) is 5.54. The van der Waals surface area contributed by atoms with Crippen molar-refractivity contribution in [2.24, 2.45) is 9.98 Å². The first-order valence-corrected chi connectivity index (χ1v) is 9.54. The summed E-state index contributed by atoms with van der Waals surface area (Å²) in [6.07, 6.45) is 0.677. The Kier molecular flexibility index (Phi) is 4.86. The summed E-state index contributed by atoms with van der Waals surface area (Å²) < 4.78 is 0. The van der Waals surface area contributed by atoms with Crippen molar-refractivity contribution >= 4 is 46.0 Å². The van der Waals surface area contributed by atoms with E-state index in [1.165, 1.54) is 0 Å². The van der Waals surface area contributed by atoms with Crippen molar-refractivity contribution < 1.29 is 0 Å². The standard InChI is InChI=1S/C23H18Cl2N2/c1-14-7-9-16(11-20(14)24)26-22-13-23(19-6-4-3-5-18(19)22)27-17-10-8-15(2)21(25)12-17/h3-12H,13H2,1-2H3. The summed E-state index contributed by atoms with van der Waals surface area (Å²) in [5.74, 6) is 0. The molecule has 0 N–H and O–H groups in total. The molecule has 0 fully saturated rings. The number of nitrogens with zero attached hydrogens (tertiary/aromatic N) is 2. The molecule has 3 aromatic rings. The molecule has 0 heterocycles. The second-order valence-corrected chi connectivity index (χ2v) is 7.52. The number of aryl methyl sites for hydroxylation is 2. The predicted molar refractivity (Wildman–Crippen MR) is 116 cm³/mol. The number of fused-ring (bicyclic) bond motifs is 1. The Labute approximate surface area is 169 Å². The number of rotatable bonds is 2. The van der Waals surface area contributed by atoms with Crippen molar-refractivity contribution in [2.45, 2.75) is 20.3 Å². The van der Waals surface area contributed by atoms with Gasteiger partial charge in [0.2, 0.25) is 0 Å². The van der Waals surface area contributed by atoms with E-state index in [-0.39, 0.29) is 0 Å². The third kappa shape index (κ3) is 3.69. The zero-order valence-corrected chi connectivity index (χ0v) is 16.6. The Hall–Kier alpha value is -2.42. The second-order valence-electron chi connectivity index (χ2n) is 6.71. The first kappa shape index (κ1) is 18.0. The van der Waals surface area contributed by atoms with Crippen molar-refractivity contribution in [2.75, 3.05) is 0 Å². The molecule has 1 aliphatic carbocycles. The lowest BCUT2D eigenvalue weighted by atomic mass is 10.1. The molecule has 0 bridgehead atoms. The Morgan fingerprint density at radius 3 is 1.52 bits per heavy atom. The molecule has 0 saturated carbocycles. The van der Waals surface area contributed by atoms with Crippen LogP contribution in [0.5, 0.6) is 0 Å². The smallest absolute Gasteiger partial charge is 0.0648 e. The van der Waals surface area contributed by atoms with Crippen LogP contribution in [0.2, 0.25) is 10.0 Å². The van der Waals surface area contributed by atoms with Crippen molar-refractivity contribution in [1.82, 2.24) is 0 Å². The van der Waals surface area contributed by atoms with Crippen LogP contribution in [-0.4, -0.2) is 11.4 Å². The van der Waals surface area contributed by atoms with Crippen LogP contribution in [0.4, 0.5) is 11.4 Å². The van der Waals surface area contributed by atoms with Gasteiger partial charge in [0.15, 0.2) is 0 Å². The highest BCUT2D eigenvalue weighted by atomic mass is 35.5. The third-order valence-electron chi connectivity index (χ3n) is 4.72. The minimum absolute atomic E-state index is 0.677.